The van der Waals surface area contributed by atoms with Crippen molar-refractivity contribution in [2.45, 2.75) is 215 Å². The number of hydrogen-bond donors (Lipinski definition) is 24. The number of carbonyl (C=O) groups is 19. The minimum absolute atomic E-state index is 0.0723. The van der Waals surface area contributed by atoms with Crippen LogP contribution in [0.3, 0.4) is 0 Å². The quantitative estimate of drug-likeness (QED) is 0.0188. The number of nitrogens with one attached hydrogen (secondary N) is 15. The van der Waals surface area contributed by atoms with Crippen LogP contribution in [-0.2, 0) is 122 Å². The number of carboxylic acid groups (broad SMARTS) is 2. The number of fused-ring (bicyclic) bond motifs is 2. The zero-order chi connectivity index (χ0) is 101. The maximum atomic E-state index is 15.3. The summed E-state index contributed by atoms with van der Waals surface area (Å²) < 4.78 is 0. The molecule has 5 aromatic rings. The van der Waals surface area contributed by atoms with Gasteiger partial charge in [-0.15, -0.1) is 0 Å². The number of phenolic OH excluding ortho intramolecular Hbond substituents is 2. The first-order chi connectivity index (χ1) is 65.0. The van der Waals surface area contributed by atoms with Crippen LogP contribution in [0.2, 0.25) is 0 Å². The van der Waals surface area contributed by atoms with Crippen molar-refractivity contribution in [1.29, 1.82) is 0 Å². The van der Waals surface area contributed by atoms with E-state index in [0.717, 1.165) is 23.5 Å². The molecule has 0 aromatic heterocycles. The molecule has 137 heavy (non-hydrogen) atoms. The molecule has 744 valence electrons. The first-order valence-corrected chi connectivity index (χ1v) is 46.5. The molecule has 0 fully saturated rings. The summed E-state index contributed by atoms with van der Waals surface area (Å²) in [4.78, 5) is 266. The molecule has 0 radical (unpaired) electrons. The molecule has 8 rings (SSSR count). The molecular weight excluding hydrogens is 1820 g/mol. The third kappa shape index (κ3) is 38.8. The highest BCUT2D eigenvalue weighted by molar-refractivity contribution is 7.98. The number of nitrogens with two attached hydrogens (primary N) is 2. The topological polar surface area (TPSA) is 698 Å². The number of thioether (sulfide) groups is 2. The molecule has 3 heterocycles. The molecule has 0 saturated heterocycles. The molecule has 3 aliphatic rings. The first-order valence-electron chi connectivity index (χ1n) is 44.2. The average Bonchev–Trinajstić information content (AvgIpc) is 0.845. The second kappa shape index (κ2) is 56.5. The van der Waals surface area contributed by atoms with Gasteiger partial charge in [0.15, 0.2) is 0 Å². The van der Waals surface area contributed by atoms with Crippen molar-refractivity contribution in [3.05, 3.63) is 155 Å². The average molecular weight is 1950 g/mol. The summed E-state index contributed by atoms with van der Waals surface area (Å²) in [6, 6.07) is 8.86. The van der Waals surface area contributed by atoms with E-state index in [2.05, 4.69) is 79.8 Å². The molecule has 17 amide bonds. The number of benzene rings is 5. The van der Waals surface area contributed by atoms with Gasteiger partial charge in [0.25, 0.3) is 0 Å². The van der Waals surface area contributed by atoms with Crippen molar-refractivity contribution in [2.24, 2.45) is 29.2 Å². The number of aliphatic hydroxyl groups is 3. The lowest BCUT2D eigenvalue weighted by Crippen LogP contribution is -2.62. The lowest BCUT2D eigenvalue weighted by molar-refractivity contribution is -0.142. The van der Waals surface area contributed by atoms with Gasteiger partial charge in [0, 0.05) is 62.0 Å². The Kier molecular flexibility index (Phi) is 46.2. The molecule has 45 heteroatoms. The van der Waals surface area contributed by atoms with Gasteiger partial charge in [-0.05, 0) is 107 Å². The summed E-state index contributed by atoms with van der Waals surface area (Å²) in [6.07, 6.45) is -5.03. The maximum Gasteiger partial charge on any atom is 0.305 e. The summed E-state index contributed by atoms with van der Waals surface area (Å²) in [5.41, 5.74) is 14.5. The Labute approximate surface area is 798 Å². The highest BCUT2D eigenvalue weighted by Crippen LogP contribution is 2.26. The number of aliphatic carboxylic acids is 2. The van der Waals surface area contributed by atoms with Gasteiger partial charge in [0.05, 0.1) is 32.8 Å². The van der Waals surface area contributed by atoms with Crippen LogP contribution in [0.1, 0.15) is 128 Å². The minimum Gasteiger partial charge on any atom is -0.508 e. The lowest BCUT2D eigenvalue weighted by Gasteiger charge is -2.29. The van der Waals surface area contributed by atoms with Crippen molar-refractivity contribution in [3.8, 4) is 22.6 Å². The number of hydrogen-bond acceptors (Lipinski definition) is 26. The van der Waals surface area contributed by atoms with Crippen molar-refractivity contribution in [3.63, 3.8) is 0 Å². The fraction of sp³-hybridized carbons (Fsp3) is 0.467. The number of phenols is 2. The molecule has 43 nitrogen and oxygen atoms in total. The number of rotatable bonds is 39. The highest BCUT2D eigenvalue weighted by Gasteiger charge is 2.40. The van der Waals surface area contributed by atoms with E-state index >= 15 is 24.0 Å². The third-order valence-corrected chi connectivity index (χ3v) is 23.8. The van der Waals surface area contributed by atoms with E-state index in [-0.39, 0.29) is 59.1 Å². The fourth-order valence-electron chi connectivity index (χ4n) is 13.9. The Morgan fingerprint density at radius 1 is 0.445 bits per heavy atom. The van der Waals surface area contributed by atoms with Crippen molar-refractivity contribution < 1.29 is 127 Å². The van der Waals surface area contributed by atoms with Gasteiger partial charge in [-0.1, -0.05) is 151 Å². The molecule has 0 spiro atoms. The van der Waals surface area contributed by atoms with E-state index < -0.39 is 292 Å². The van der Waals surface area contributed by atoms with Crippen molar-refractivity contribution in [1.82, 2.24) is 79.8 Å². The maximum absolute atomic E-state index is 15.3. The van der Waals surface area contributed by atoms with Crippen molar-refractivity contribution >= 4 is 136 Å². The summed E-state index contributed by atoms with van der Waals surface area (Å²) >= 11 is 2.16. The predicted molar refractivity (Wildman–Crippen MR) is 500 cm³/mol. The van der Waals surface area contributed by atoms with E-state index in [1.54, 1.807) is 120 Å². The Balaban J connectivity index is 1.48. The van der Waals surface area contributed by atoms with Crippen LogP contribution in [0.25, 0.3) is 11.1 Å². The minimum atomic E-state index is -2.11. The monoisotopic (exact) mass is 1950 g/mol. The van der Waals surface area contributed by atoms with Gasteiger partial charge < -0.3 is 127 Å². The largest absolute Gasteiger partial charge is 0.508 e. The number of aliphatic hydroxyl groups excluding tert-OH is 3. The standard InChI is InChI=1S/C92H123N17O26S2/c1-8-50(6)78(96-51(7)113)92(135)107-71(43-112)89(132)104-65(36-52-12-10-9-11-13-52)86(129)108-72-46-136-44-55-14-22-57(23-15-55)58-24-16-56(17-25-58)45-137-47-73(91(134)99-62(31-33-76(118)119)82(125)106-70(42-111)80(123)95-40-75(117)97-69(41-110)79(94)122)109-87(130)67(38-54-20-28-60(115)29-21-54)102-85(128)66(37-53-18-26-59(114)27-19-53)103-88(131)68(39-77(120)121)105-84(127)64(35-49(4)5)101-83(126)63(34-48(2)3)100-81(124)61(98-90(72)133)30-32-74(93)116/h9-29,48-50,61-73,78,110-112,114-115H,8,30-47H2,1-7H3,(H2,93,116)(H2,94,122)(H,95,123)(H,96,113)(H,97,117)(H,98,133)(H,99,134)(H,100,124)(H,101,126)(H,102,128)(H,103,131)(H,104,132)(H,105,127)(H,106,125)(H,107,135)(H,108,129)(H,109,130)(H,118,119)(H,120,121)/t50-,61-,62-,63-,64-,65-,66-,67-,68-,69-,70-,71-,72+,73-,78-/m0/s1. The van der Waals surface area contributed by atoms with Crippen molar-refractivity contribution in [2.75, 3.05) is 37.9 Å². The Morgan fingerprint density at radius 2 is 0.891 bits per heavy atom. The molecule has 3 aliphatic heterocycles. The Hall–Kier alpha value is -13.8. The number of primary amides is 2. The van der Waals surface area contributed by atoms with Gasteiger partial charge in [-0.2, -0.15) is 23.5 Å². The second-order valence-corrected chi connectivity index (χ2v) is 35.8. The second-order valence-electron chi connectivity index (χ2n) is 33.7. The van der Waals surface area contributed by atoms with Gasteiger partial charge in [0.2, 0.25) is 100 Å². The van der Waals surface area contributed by atoms with E-state index in [9.17, 15) is 103 Å². The van der Waals surface area contributed by atoms with Gasteiger partial charge >= 0.3 is 11.9 Å². The Morgan fingerprint density at radius 3 is 1.36 bits per heavy atom. The molecule has 26 N–H and O–H groups in total. The summed E-state index contributed by atoms with van der Waals surface area (Å²) in [7, 11) is 0. The van der Waals surface area contributed by atoms with Crippen LogP contribution < -0.4 is 91.2 Å². The molecule has 0 aliphatic carbocycles. The van der Waals surface area contributed by atoms with E-state index in [4.69, 9.17) is 11.5 Å². The van der Waals surface area contributed by atoms with E-state index in [1.165, 1.54) is 55.5 Å². The lowest BCUT2D eigenvalue weighted by atomic mass is 9.98. The van der Waals surface area contributed by atoms with Crippen LogP contribution in [0, 0.1) is 17.8 Å². The van der Waals surface area contributed by atoms with Gasteiger partial charge in [-0.3, -0.25) is 91.1 Å². The number of carbonyl (C=O) groups excluding carboxylic acids is 17. The molecule has 0 unspecified atom stereocenters. The highest BCUT2D eigenvalue weighted by atomic mass is 32.2. The molecule has 5 aromatic carbocycles. The van der Waals surface area contributed by atoms with Crippen LogP contribution >= 0.6 is 23.5 Å². The summed E-state index contributed by atoms with van der Waals surface area (Å²) in [5.74, 6) is -23.7. The fourth-order valence-corrected chi connectivity index (χ4v) is 16.0. The van der Waals surface area contributed by atoms with Gasteiger partial charge in [0.1, 0.15) is 96.1 Å². The normalized spacial score (nSPS) is 19.5. The van der Waals surface area contributed by atoms with Crippen LogP contribution in [0.15, 0.2) is 127 Å². The molecule has 15 atom stereocenters. The van der Waals surface area contributed by atoms with Gasteiger partial charge in [-0.25, -0.2) is 0 Å². The number of carboxylic acids is 2. The smallest absolute Gasteiger partial charge is 0.305 e. The van der Waals surface area contributed by atoms with Crippen LogP contribution in [0.5, 0.6) is 11.5 Å². The first kappa shape index (κ1) is 112. The molecule has 0 saturated carbocycles. The number of amides is 17. The molecular formula is C92H123N17O26S2. The predicted octanol–water partition coefficient (Wildman–Crippen LogP) is -2.90. The van der Waals surface area contributed by atoms with E-state index in [0.29, 0.717) is 34.2 Å². The van der Waals surface area contributed by atoms with E-state index in [1.807, 2.05) is 0 Å². The summed E-state index contributed by atoms with van der Waals surface area (Å²) in [6.45, 7) is 7.35. The Bertz CT molecular complexity index is 5000. The molecule has 4 bridgehead atoms. The zero-order valence-electron chi connectivity index (χ0n) is 76.7. The third-order valence-electron chi connectivity index (χ3n) is 21.6. The van der Waals surface area contributed by atoms with Crippen LogP contribution in [0.4, 0.5) is 0 Å². The summed E-state index contributed by atoms with van der Waals surface area (Å²) in [5, 5.41) is 108. The number of aromatic hydroxyl groups is 2. The SMILES string of the molecule is CC[C@H](C)[C@H](NC(C)=O)C(=O)N[C@@H](CO)C(=O)N[C@@H](Cc1ccccc1)C(=O)N[C@@H]1CSCc2ccc(cc2)-c2ccc(cc2)CSC[C@@H](C(=O)N[C@@H](CCC(=O)O)C(=O)N[C@@H](CO)C(=O)NCC(=O)N[C@@H](CO)C(N)=O)NC(=O)[C@H](Cc2ccc(O)cc2)NC(=O)[C@H](Cc2ccc(O)cc2)NC(=O)[C@H](CC(=O)O)NC(=O)[C@H](CC(C)C)NC(=O)[C@H](CC(C)C)NC(=O)[C@H](CCC(N)=O)NC1=O. The van der Waals surface area contributed by atoms with Crippen LogP contribution in [-0.4, -0.2) is 271 Å². The zero-order valence-corrected chi connectivity index (χ0v) is 78.4.